The van der Waals surface area contributed by atoms with Crippen molar-refractivity contribution in [3.63, 3.8) is 0 Å². The molecule has 3 heterocycles. The van der Waals surface area contributed by atoms with Gasteiger partial charge in [0.1, 0.15) is 0 Å². The Bertz CT molecular complexity index is 850. The van der Waals surface area contributed by atoms with Crippen molar-refractivity contribution >= 4 is 0 Å². The highest BCUT2D eigenvalue weighted by Gasteiger charge is 2.28. The number of rotatable bonds is 6. The lowest BCUT2D eigenvalue weighted by Gasteiger charge is -2.19. The highest BCUT2D eigenvalue weighted by atomic mass is 16.5. The van der Waals surface area contributed by atoms with Gasteiger partial charge in [-0.25, -0.2) is 4.68 Å². The Morgan fingerprint density at radius 2 is 2.32 bits per heavy atom. The summed E-state index contributed by atoms with van der Waals surface area (Å²) >= 11 is 0. The molecule has 9 heteroatoms. The predicted molar refractivity (Wildman–Crippen MR) is 87.0 cm³/mol. The first kappa shape index (κ1) is 15.9. The molecule has 0 fully saturated rings. The topological polar surface area (TPSA) is 96.7 Å². The maximum Gasteiger partial charge on any atom is 0.230 e. The molecule has 9 nitrogen and oxygen atoms in total. The fourth-order valence-corrected chi connectivity index (χ4v) is 3.24. The summed E-state index contributed by atoms with van der Waals surface area (Å²) in [5, 5.41) is 16.8. The maximum absolute atomic E-state index is 5.54. The molecule has 0 aromatic carbocycles. The molecule has 3 aromatic rings. The molecule has 0 saturated heterocycles. The molecule has 0 amide bonds. The van der Waals surface area contributed by atoms with Crippen molar-refractivity contribution in [2.45, 2.75) is 38.1 Å². The summed E-state index contributed by atoms with van der Waals surface area (Å²) in [6.45, 7) is 1.33. The standard InChI is InChI=1S/C16H21N7O2/c1-22-12(5-6-17-22)10-15-18-16(25-20-15)11-3-4-13-14(9-11)23(21-19-13)7-8-24-2/h5-6,11H,3-4,7-10H2,1-2H3. The molecule has 0 radical (unpaired) electrons. The van der Waals surface area contributed by atoms with Crippen LogP contribution in [0.15, 0.2) is 16.8 Å². The van der Waals surface area contributed by atoms with Gasteiger partial charge in [-0.1, -0.05) is 10.4 Å². The van der Waals surface area contributed by atoms with Crippen molar-refractivity contribution in [2.24, 2.45) is 7.05 Å². The summed E-state index contributed by atoms with van der Waals surface area (Å²) in [4.78, 5) is 4.61. The van der Waals surface area contributed by atoms with Crippen molar-refractivity contribution < 1.29 is 9.26 Å². The van der Waals surface area contributed by atoms with Crippen LogP contribution in [0.4, 0.5) is 0 Å². The number of nitrogens with zero attached hydrogens (tertiary/aromatic N) is 7. The lowest BCUT2D eigenvalue weighted by molar-refractivity contribution is 0.181. The molecule has 1 unspecified atom stereocenters. The van der Waals surface area contributed by atoms with Gasteiger partial charge in [0.2, 0.25) is 5.89 Å². The summed E-state index contributed by atoms with van der Waals surface area (Å²) in [5.74, 6) is 1.60. The third-order valence-corrected chi connectivity index (χ3v) is 4.69. The van der Waals surface area contributed by atoms with E-state index in [0.29, 0.717) is 31.3 Å². The third-order valence-electron chi connectivity index (χ3n) is 4.69. The highest BCUT2D eigenvalue weighted by molar-refractivity contribution is 5.19. The van der Waals surface area contributed by atoms with Crippen LogP contribution < -0.4 is 0 Å². The van der Waals surface area contributed by atoms with Gasteiger partial charge in [-0.15, -0.1) is 5.10 Å². The monoisotopic (exact) mass is 343 g/mol. The van der Waals surface area contributed by atoms with Crippen molar-refractivity contribution in [3.05, 3.63) is 41.1 Å². The Hall–Kier alpha value is -2.55. The largest absolute Gasteiger partial charge is 0.383 e. The minimum Gasteiger partial charge on any atom is -0.383 e. The summed E-state index contributed by atoms with van der Waals surface area (Å²) in [5.41, 5.74) is 3.28. The van der Waals surface area contributed by atoms with Gasteiger partial charge in [0.25, 0.3) is 0 Å². The summed E-state index contributed by atoms with van der Waals surface area (Å²) in [6, 6.07) is 1.96. The van der Waals surface area contributed by atoms with Crippen LogP contribution in [0.3, 0.4) is 0 Å². The zero-order valence-electron chi connectivity index (χ0n) is 14.4. The normalized spacial score (nSPS) is 17.0. The van der Waals surface area contributed by atoms with Gasteiger partial charge in [-0.05, 0) is 18.9 Å². The zero-order valence-corrected chi connectivity index (χ0v) is 14.4. The van der Waals surface area contributed by atoms with Crippen LogP contribution in [-0.2, 0) is 37.6 Å². The lowest BCUT2D eigenvalue weighted by atomic mass is 9.89. The first-order valence-corrected chi connectivity index (χ1v) is 8.44. The highest BCUT2D eigenvalue weighted by Crippen LogP contribution is 2.31. The molecule has 0 N–H and O–H groups in total. The Labute approximate surface area is 145 Å². The molecule has 3 aromatic heterocycles. The first-order valence-electron chi connectivity index (χ1n) is 8.44. The minimum absolute atomic E-state index is 0.208. The molecule has 0 spiro atoms. The van der Waals surface area contributed by atoms with Crippen LogP contribution in [-0.4, -0.2) is 48.6 Å². The Kier molecular flexibility index (Phi) is 4.31. The van der Waals surface area contributed by atoms with E-state index in [1.54, 1.807) is 13.3 Å². The van der Waals surface area contributed by atoms with Gasteiger partial charge in [-0.2, -0.15) is 10.1 Å². The molecule has 132 valence electrons. The average Bonchev–Trinajstić information content (AvgIpc) is 3.34. The third kappa shape index (κ3) is 3.19. The number of hydrogen-bond acceptors (Lipinski definition) is 7. The number of aryl methyl sites for hydroxylation is 2. The molecule has 25 heavy (non-hydrogen) atoms. The second-order valence-corrected chi connectivity index (χ2v) is 6.31. The van der Waals surface area contributed by atoms with Crippen molar-refractivity contribution in [1.29, 1.82) is 0 Å². The smallest absolute Gasteiger partial charge is 0.230 e. The van der Waals surface area contributed by atoms with Crippen LogP contribution in [0.25, 0.3) is 0 Å². The van der Waals surface area contributed by atoms with E-state index in [0.717, 1.165) is 36.3 Å². The number of ether oxygens (including phenoxy) is 1. The van der Waals surface area contributed by atoms with E-state index in [4.69, 9.17) is 9.26 Å². The lowest BCUT2D eigenvalue weighted by Crippen LogP contribution is -2.18. The Morgan fingerprint density at radius 3 is 3.12 bits per heavy atom. The number of aromatic nitrogens is 7. The summed E-state index contributed by atoms with van der Waals surface area (Å²) in [6.07, 6.45) is 5.04. The predicted octanol–water partition coefficient (Wildman–Crippen LogP) is 0.904. The van der Waals surface area contributed by atoms with Gasteiger partial charge in [0.15, 0.2) is 5.82 Å². The fourth-order valence-electron chi connectivity index (χ4n) is 3.24. The molecule has 0 aliphatic heterocycles. The van der Waals surface area contributed by atoms with E-state index in [1.165, 1.54) is 0 Å². The molecule has 1 aliphatic carbocycles. The van der Waals surface area contributed by atoms with E-state index in [9.17, 15) is 0 Å². The van der Waals surface area contributed by atoms with Crippen LogP contribution in [0.2, 0.25) is 0 Å². The molecular formula is C16H21N7O2. The fraction of sp³-hybridized carbons (Fsp3) is 0.562. The Morgan fingerprint density at radius 1 is 1.40 bits per heavy atom. The Balaban J connectivity index is 1.48. The maximum atomic E-state index is 5.54. The van der Waals surface area contributed by atoms with Gasteiger partial charge in [-0.3, -0.25) is 4.68 Å². The molecule has 1 aliphatic rings. The molecular weight excluding hydrogens is 322 g/mol. The quantitative estimate of drug-likeness (QED) is 0.656. The first-order chi connectivity index (χ1) is 12.2. The van der Waals surface area contributed by atoms with E-state index in [-0.39, 0.29) is 5.92 Å². The molecule has 1 atom stereocenters. The number of hydrogen-bond donors (Lipinski definition) is 0. The minimum atomic E-state index is 0.208. The van der Waals surface area contributed by atoms with Gasteiger partial charge in [0, 0.05) is 38.4 Å². The van der Waals surface area contributed by atoms with Crippen molar-refractivity contribution in [3.8, 4) is 0 Å². The van der Waals surface area contributed by atoms with Crippen LogP contribution >= 0.6 is 0 Å². The van der Waals surface area contributed by atoms with Crippen LogP contribution in [0, 0.1) is 0 Å². The van der Waals surface area contributed by atoms with Crippen molar-refractivity contribution in [1.82, 2.24) is 34.9 Å². The van der Waals surface area contributed by atoms with E-state index in [2.05, 4.69) is 25.6 Å². The molecule has 0 bridgehead atoms. The summed E-state index contributed by atoms with van der Waals surface area (Å²) in [7, 11) is 3.60. The van der Waals surface area contributed by atoms with Gasteiger partial charge >= 0.3 is 0 Å². The second-order valence-electron chi connectivity index (χ2n) is 6.31. The summed E-state index contributed by atoms with van der Waals surface area (Å²) < 4.78 is 14.4. The van der Waals surface area contributed by atoms with E-state index < -0.39 is 0 Å². The molecule has 0 saturated carbocycles. The average molecular weight is 343 g/mol. The van der Waals surface area contributed by atoms with Crippen LogP contribution in [0.1, 0.15) is 41.1 Å². The van der Waals surface area contributed by atoms with Gasteiger partial charge in [0.05, 0.1) is 31.0 Å². The zero-order chi connectivity index (χ0) is 17.2. The molecule has 4 rings (SSSR count). The van der Waals surface area contributed by atoms with Crippen LogP contribution in [0.5, 0.6) is 0 Å². The number of methoxy groups -OCH3 is 1. The van der Waals surface area contributed by atoms with Gasteiger partial charge < -0.3 is 9.26 Å². The van der Waals surface area contributed by atoms with E-state index in [1.807, 2.05) is 22.5 Å². The second kappa shape index (κ2) is 6.75. The van der Waals surface area contributed by atoms with Crippen molar-refractivity contribution in [2.75, 3.05) is 13.7 Å². The van der Waals surface area contributed by atoms with E-state index >= 15 is 0 Å². The SMILES string of the molecule is COCCn1nnc2c1CC(c1nc(Cc3ccnn3C)no1)CC2. The number of fused-ring (bicyclic) bond motifs is 1.